The number of amides is 2. The van der Waals surface area contributed by atoms with Gasteiger partial charge >= 0.3 is 6.09 Å². The van der Waals surface area contributed by atoms with E-state index in [0.29, 0.717) is 12.2 Å². The van der Waals surface area contributed by atoms with Crippen molar-refractivity contribution in [2.75, 3.05) is 7.11 Å². The number of benzene rings is 1. The van der Waals surface area contributed by atoms with Gasteiger partial charge in [0.05, 0.1) is 18.1 Å². The van der Waals surface area contributed by atoms with E-state index in [2.05, 4.69) is 36.0 Å². The van der Waals surface area contributed by atoms with Crippen LogP contribution in [0.2, 0.25) is 0 Å². The number of carbonyl (C=O) groups is 2. The Labute approximate surface area is 177 Å². The molecule has 156 valence electrons. The van der Waals surface area contributed by atoms with E-state index in [1.807, 2.05) is 32.0 Å². The predicted octanol–water partition coefficient (Wildman–Crippen LogP) is 2.86. The summed E-state index contributed by atoms with van der Waals surface area (Å²) in [6.45, 7) is 3.70. The molecule has 29 heavy (non-hydrogen) atoms. The van der Waals surface area contributed by atoms with Crippen molar-refractivity contribution < 1.29 is 19.4 Å². The van der Waals surface area contributed by atoms with Crippen molar-refractivity contribution in [1.29, 1.82) is 0 Å². The molecule has 1 aliphatic carbocycles. The van der Waals surface area contributed by atoms with Crippen LogP contribution in [0.1, 0.15) is 38.9 Å². The molecule has 1 saturated carbocycles. The number of rotatable bonds is 4. The first-order valence-electron chi connectivity index (χ1n) is 9.81. The van der Waals surface area contributed by atoms with E-state index in [0.717, 1.165) is 28.3 Å². The highest BCUT2D eigenvalue weighted by Gasteiger charge is 2.61. The second-order valence-electron chi connectivity index (χ2n) is 8.20. The summed E-state index contributed by atoms with van der Waals surface area (Å²) in [4.78, 5) is 34.7. The van der Waals surface area contributed by atoms with Crippen molar-refractivity contribution in [3.63, 3.8) is 0 Å². The standard InChI is InChI=1S/C20H25BrN4O4/c1-10(2)16(24-19(27)29-3)17(26)25-13-6-4-11(8-13)20(25,28)18-22-14-7-5-12(21)9-15(14)23-18/h5,7,9-11,13,16,28H,4,6,8H2,1-3H3,(H,22,23)(H,24,27)/t11-,13+,16-,20+/m0/s1. The molecule has 2 aliphatic rings. The normalized spacial score (nSPS) is 26.9. The van der Waals surface area contributed by atoms with Crippen molar-refractivity contribution in [3.8, 4) is 0 Å². The number of aromatic amines is 1. The highest BCUT2D eigenvalue weighted by molar-refractivity contribution is 9.10. The Morgan fingerprint density at radius 3 is 2.86 bits per heavy atom. The van der Waals surface area contributed by atoms with Gasteiger partial charge in [0.15, 0.2) is 5.82 Å². The molecule has 2 amide bonds. The Bertz CT molecular complexity index is 961. The summed E-state index contributed by atoms with van der Waals surface area (Å²) in [5.41, 5.74) is -0.0258. The van der Waals surface area contributed by atoms with Crippen molar-refractivity contribution in [2.24, 2.45) is 11.8 Å². The minimum atomic E-state index is -1.53. The zero-order valence-corrected chi connectivity index (χ0v) is 18.2. The molecule has 4 atom stereocenters. The van der Waals surface area contributed by atoms with Crippen molar-refractivity contribution in [2.45, 2.75) is 50.9 Å². The number of piperidine rings is 1. The molecule has 2 aromatic rings. The summed E-state index contributed by atoms with van der Waals surface area (Å²) in [6.07, 6.45) is 1.70. The average Bonchev–Trinajstić information content (AvgIpc) is 3.38. The van der Waals surface area contributed by atoms with Crippen LogP contribution < -0.4 is 5.32 Å². The summed E-state index contributed by atoms with van der Waals surface area (Å²) in [6, 6.07) is 4.75. The predicted molar refractivity (Wildman–Crippen MR) is 110 cm³/mol. The minimum Gasteiger partial charge on any atom is -0.453 e. The molecule has 8 nitrogen and oxygen atoms in total. The molecule has 2 heterocycles. The maximum absolute atomic E-state index is 13.5. The maximum Gasteiger partial charge on any atom is 0.407 e. The number of ether oxygens (including phenoxy) is 1. The van der Waals surface area contributed by atoms with Gasteiger partial charge in [0.2, 0.25) is 11.6 Å². The lowest BCUT2D eigenvalue weighted by atomic mass is 9.92. The molecule has 9 heteroatoms. The average molecular weight is 465 g/mol. The number of nitrogens with zero attached hydrogens (tertiary/aromatic N) is 2. The molecule has 1 aromatic heterocycles. The van der Waals surface area contributed by atoms with Gasteiger partial charge in [0.25, 0.3) is 0 Å². The van der Waals surface area contributed by atoms with Gasteiger partial charge < -0.3 is 25.0 Å². The SMILES string of the molecule is COC(=O)N[C@H](C(=O)N1[C@@H]2CC[C@@H](C2)[C@@]1(O)c1nc2ccc(Br)cc2[nH]1)C(C)C. The lowest BCUT2D eigenvalue weighted by Crippen LogP contribution is -2.60. The number of hydrogen-bond donors (Lipinski definition) is 3. The lowest BCUT2D eigenvalue weighted by Gasteiger charge is -2.43. The van der Waals surface area contributed by atoms with Gasteiger partial charge in [-0.3, -0.25) is 4.79 Å². The van der Waals surface area contributed by atoms with Gasteiger partial charge in [-0.25, -0.2) is 9.78 Å². The second kappa shape index (κ2) is 7.28. The van der Waals surface area contributed by atoms with E-state index in [-0.39, 0.29) is 23.8 Å². The van der Waals surface area contributed by atoms with Gasteiger partial charge in [-0.1, -0.05) is 29.8 Å². The largest absolute Gasteiger partial charge is 0.453 e. The number of aromatic nitrogens is 2. The third-order valence-corrected chi connectivity index (χ3v) is 6.62. The number of imidazole rings is 1. The first-order chi connectivity index (χ1) is 13.8. The number of methoxy groups -OCH3 is 1. The van der Waals surface area contributed by atoms with E-state index in [1.165, 1.54) is 12.0 Å². The van der Waals surface area contributed by atoms with E-state index in [9.17, 15) is 14.7 Å². The Kier molecular flexibility index (Phi) is 5.06. The van der Waals surface area contributed by atoms with Gasteiger partial charge in [-0.05, 0) is 43.4 Å². The van der Waals surface area contributed by atoms with Gasteiger partial charge in [0.1, 0.15) is 6.04 Å². The molecular weight excluding hydrogens is 440 g/mol. The maximum atomic E-state index is 13.5. The number of H-pyrrole nitrogens is 1. The highest BCUT2D eigenvalue weighted by Crippen LogP contribution is 2.52. The van der Waals surface area contributed by atoms with E-state index in [1.54, 1.807) is 0 Å². The van der Waals surface area contributed by atoms with Crippen LogP contribution in [0.15, 0.2) is 22.7 Å². The lowest BCUT2D eigenvalue weighted by molar-refractivity contribution is -0.180. The molecule has 0 unspecified atom stereocenters. The van der Waals surface area contributed by atoms with Gasteiger partial charge in [-0.15, -0.1) is 0 Å². The van der Waals surface area contributed by atoms with Crippen LogP contribution in [0.25, 0.3) is 11.0 Å². The van der Waals surface area contributed by atoms with Gasteiger partial charge in [-0.2, -0.15) is 0 Å². The van der Waals surface area contributed by atoms with Gasteiger partial charge in [0, 0.05) is 16.4 Å². The number of hydrogen-bond acceptors (Lipinski definition) is 5. The molecule has 1 aliphatic heterocycles. The molecule has 2 bridgehead atoms. The minimum absolute atomic E-state index is 0.0851. The fourth-order valence-electron chi connectivity index (χ4n) is 4.69. The van der Waals surface area contributed by atoms with E-state index >= 15 is 0 Å². The number of halogens is 1. The summed E-state index contributed by atoms with van der Waals surface area (Å²) >= 11 is 3.44. The number of fused-ring (bicyclic) bond motifs is 3. The summed E-state index contributed by atoms with van der Waals surface area (Å²) < 4.78 is 5.59. The second-order valence-corrected chi connectivity index (χ2v) is 9.12. The van der Waals surface area contributed by atoms with Crippen molar-refractivity contribution in [1.82, 2.24) is 20.2 Å². The van der Waals surface area contributed by atoms with E-state index < -0.39 is 17.9 Å². The Balaban J connectivity index is 1.74. The van der Waals surface area contributed by atoms with Crippen LogP contribution in [0.4, 0.5) is 4.79 Å². The fourth-order valence-corrected chi connectivity index (χ4v) is 5.05. The zero-order valence-electron chi connectivity index (χ0n) is 16.6. The smallest absolute Gasteiger partial charge is 0.407 e. The zero-order chi connectivity index (χ0) is 20.9. The molecule has 1 aromatic carbocycles. The summed E-state index contributed by atoms with van der Waals surface area (Å²) in [7, 11) is 1.26. The first-order valence-corrected chi connectivity index (χ1v) is 10.6. The molecule has 2 fully saturated rings. The first kappa shape index (κ1) is 20.2. The van der Waals surface area contributed by atoms with Crippen LogP contribution in [-0.2, 0) is 15.3 Å². The number of carbonyl (C=O) groups excluding carboxylic acids is 2. The highest BCUT2D eigenvalue weighted by atomic mass is 79.9. The third kappa shape index (κ3) is 3.20. The molecule has 1 saturated heterocycles. The van der Waals surface area contributed by atoms with Crippen LogP contribution in [0.3, 0.4) is 0 Å². The topological polar surface area (TPSA) is 108 Å². The monoisotopic (exact) mass is 464 g/mol. The van der Waals surface area contributed by atoms with Crippen LogP contribution in [0.5, 0.6) is 0 Å². The molecule has 0 spiro atoms. The molecule has 4 rings (SSSR count). The number of alkyl carbamates (subject to hydrolysis) is 1. The Morgan fingerprint density at radius 1 is 1.41 bits per heavy atom. The summed E-state index contributed by atoms with van der Waals surface area (Å²) in [5.74, 6) is -0.226. The molecule has 0 radical (unpaired) electrons. The molecular formula is C20H25BrN4O4. The molecule has 3 N–H and O–H groups in total. The summed E-state index contributed by atoms with van der Waals surface area (Å²) in [5, 5.41) is 14.5. The van der Waals surface area contributed by atoms with Crippen molar-refractivity contribution in [3.05, 3.63) is 28.5 Å². The third-order valence-electron chi connectivity index (χ3n) is 6.13. The van der Waals surface area contributed by atoms with Crippen LogP contribution >= 0.6 is 15.9 Å². The quantitative estimate of drug-likeness (QED) is 0.644. The van der Waals surface area contributed by atoms with Crippen LogP contribution in [0, 0.1) is 11.8 Å². The fraction of sp³-hybridized carbons (Fsp3) is 0.550. The van der Waals surface area contributed by atoms with Crippen molar-refractivity contribution >= 4 is 39.0 Å². The van der Waals surface area contributed by atoms with E-state index in [4.69, 9.17) is 0 Å². The number of likely N-dealkylation sites (tertiary alicyclic amines) is 1. The Hall–Kier alpha value is -2.13. The van der Waals surface area contributed by atoms with Crippen LogP contribution in [-0.4, -0.2) is 51.2 Å². The number of nitrogens with one attached hydrogen (secondary N) is 2. The number of aliphatic hydroxyl groups is 1. The Morgan fingerprint density at radius 2 is 2.17 bits per heavy atom.